The molecule has 4 rings (SSSR count). The van der Waals surface area contributed by atoms with Crippen molar-refractivity contribution in [3.05, 3.63) is 53.6 Å². The van der Waals surface area contributed by atoms with Gasteiger partial charge in [-0.3, -0.25) is 9.10 Å². The van der Waals surface area contributed by atoms with Crippen molar-refractivity contribution in [1.29, 1.82) is 0 Å². The Morgan fingerprint density at radius 1 is 1.05 bits per heavy atom. The van der Waals surface area contributed by atoms with Crippen LogP contribution in [-0.4, -0.2) is 63.5 Å². The first-order valence-corrected chi connectivity index (χ1v) is 16.2. The highest BCUT2D eigenvalue weighted by molar-refractivity contribution is 7.92. The number of rotatable bonds is 8. The van der Waals surface area contributed by atoms with E-state index >= 15 is 0 Å². The number of carbonyl (C=O) groups is 2. The van der Waals surface area contributed by atoms with Crippen LogP contribution < -0.4 is 9.21 Å². The summed E-state index contributed by atoms with van der Waals surface area (Å²) in [5.74, 6) is 0.452. The molecule has 1 fully saturated rings. The highest BCUT2D eigenvalue weighted by atomic mass is 32.2. The van der Waals surface area contributed by atoms with Gasteiger partial charge in [-0.1, -0.05) is 32.9 Å². The van der Waals surface area contributed by atoms with Crippen LogP contribution >= 0.6 is 0 Å². The zero-order chi connectivity index (χ0) is 29.9. The second-order valence-electron chi connectivity index (χ2n) is 12.7. The number of hydrogen-bond donors (Lipinski definition) is 0. The van der Waals surface area contributed by atoms with Gasteiger partial charge in [-0.2, -0.15) is 0 Å². The summed E-state index contributed by atoms with van der Waals surface area (Å²) in [7, 11) is -3.88. The summed E-state index contributed by atoms with van der Waals surface area (Å²) in [6, 6.07) is 12.6. The maximum Gasteiger partial charge on any atom is 0.410 e. The lowest BCUT2D eigenvalue weighted by Gasteiger charge is -2.38. The smallest absolute Gasteiger partial charge is 0.410 e. The first kappa shape index (κ1) is 30.9. The van der Waals surface area contributed by atoms with Crippen molar-refractivity contribution in [1.82, 2.24) is 4.90 Å². The van der Waals surface area contributed by atoms with Crippen LogP contribution in [0.3, 0.4) is 0 Å². The van der Waals surface area contributed by atoms with E-state index in [1.807, 2.05) is 58.9 Å². The fourth-order valence-electron chi connectivity index (χ4n) is 5.49. The lowest BCUT2D eigenvalue weighted by molar-refractivity contribution is 0.0186. The lowest BCUT2D eigenvalue weighted by Crippen LogP contribution is -2.44. The van der Waals surface area contributed by atoms with E-state index in [2.05, 4.69) is 11.8 Å². The van der Waals surface area contributed by atoms with Gasteiger partial charge in [-0.15, -0.1) is 0 Å². The molecule has 0 N–H and O–H groups in total. The van der Waals surface area contributed by atoms with Crippen LogP contribution in [0.1, 0.15) is 76.7 Å². The third kappa shape index (κ3) is 7.42. The molecule has 0 saturated carbocycles. The van der Waals surface area contributed by atoms with Crippen molar-refractivity contribution in [3.8, 4) is 0 Å². The van der Waals surface area contributed by atoms with Crippen molar-refractivity contribution >= 4 is 33.3 Å². The number of fused-ring (bicyclic) bond motifs is 1. The van der Waals surface area contributed by atoms with Crippen LogP contribution in [0.5, 0.6) is 0 Å². The van der Waals surface area contributed by atoms with Crippen LogP contribution in [0.25, 0.3) is 0 Å². The summed E-state index contributed by atoms with van der Waals surface area (Å²) in [6.07, 6.45) is 2.66. The first-order valence-electron chi connectivity index (χ1n) is 14.8. The molecule has 0 bridgehead atoms. The Kier molecular flexibility index (Phi) is 9.36. The topological polar surface area (TPSA) is 87.2 Å². The fraction of sp³-hybridized carbons (Fsp3) is 0.562. The highest BCUT2D eigenvalue weighted by Crippen LogP contribution is 2.34. The number of nitrogens with zero attached hydrogens (tertiary/aromatic N) is 3. The molecule has 0 spiro atoms. The first-order chi connectivity index (χ1) is 19.3. The van der Waals surface area contributed by atoms with E-state index in [-0.39, 0.29) is 22.7 Å². The molecular formula is C32H45N3O5S. The molecule has 0 unspecified atom stereocenters. The molecule has 2 aliphatic heterocycles. The zero-order valence-electron chi connectivity index (χ0n) is 25.4. The number of benzene rings is 2. The normalized spacial score (nSPS) is 16.6. The van der Waals surface area contributed by atoms with Crippen LogP contribution in [0, 0.1) is 11.8 Å². The van der Waals surface area contributed by atoms with Crippen molar-refractivity contribution in [2.75, 3.05) is 41.9 Å². The van der Waals surface area contributed by atoms with Crippen LogP contribution in [0.4, 0.5) is 16.2 Å². The molecule has 2 heterocycles. The number of hydrogen-bond acceptors (Lipinski definition) is 6. The standard InChI is InChI=1S/C32H45N3O5S/c1-7-24-8-10-26(11-9-24)35(21-23(2)3)41(38,39)27-12-13-29-28(20-27)30(36)16-19-34(29)22-25-14-17-33(18-15-25)31(37)40-32(4,5)6/h8-13,20,23,25H,7,14-19,21-22H2,1-6H3. The molecule has 0 aliphatic carbocycles. The van der Waals surface area contributed by atoms with E-state index in [0.717, 1.165) is 37.1 Å². The molecule has 9 heteroatoms. The van der Waals surface area contributed by atoms with Crippen LogP contribution in [-0.2, 0) is 21.2 Å². The minimum Gasteiger partial charge on any atom is -0.444 e. The predicted molar refractivity (Wildman–Crippen MR) is 163 cm³/mol. The number of amides is 1. The van der Waals surface area contributed by atoms with E-state index in [9.17, 15) is 18.0 Å². The van der Waals surface area contributed by atoms with Gasteiger partial charge in [0.05, 0.1) is 10.6 Å². The number of ether oxygens (including phenoxy) is 1. The Bertz CT molecular complexity index is 1340. The predicted octanol–water partition coefficient (Wildman–Crippen LogP) is 6.14. The van der Waals surface area contributed by atoms with Gasteiger partial charge in [0.2, 0.25) is 0 Å². The molecule has 224 valence electrons. The molecule has 0 radical (unpaired) electrons. The van der Waals surface area contributed by atoms with Crippen LogP contribution in [0.2, 0.25) is 0 Å². The lowest BCUT2D eigenvalue weighted by atomic mass is 9.93. The summed E-state index contributed by atoms with van der Waals surface area (Å²) in [6.45, 7) is 14.7. The Labute approximate surface area is 245 Å². The zero-order valence-corrected chi connectivity index (χ0v) is 26.2. The molecule has 0 atom stereocenters. The largest absolute Gasteiger partial charge is 0.444 e. The molecular weight excluding hydrogens is 538 g/mol. The maximum atomic E-state index is 13.9. The van der Waals surface area contributed by atoms with Gasteiger partial charge in [-0.05, 0) is 87.8 Å². The van der Waals surface area contributed by atoms with Crippen molar-refractivity contribution in [2.45, 2.75) is 77.7 Å². The van der Waals surface area contributed by atoms with Gasteiger partial charge in [0, 0.05) is 50.4 Å². The Morgan fingerprint density at radius 2 is 1.71 bits per heavy atom. The molecule has 2 aliphatic rings. The molecule has 0 aromatic heterocycles. The monoisotopic (exact) mass is 583 g/mol. The Balaban J connectivity index is 1.52. The van der Waals surface area contributed by atoms with Gasteiger partial charge in [0.1, 0.15) is 5.60 Å². The minimum atomic E-state index is -3.88. The van der Waals surface area contributed by atoms with Gasteiger partial charge < -0.3 is 14.5 Å². The number of anilines is 2. The number of ketones is 1. The van der Waals surface area contributed by atoms with Crippen molar-refractivity contribution < 1.29 is 22.7 Å². The SMILES string of the molecule is CCc1ccc(N(CC(C)C)S(=O)(=O)c2ccc3c(c2)C(=O)CCN3CC2CCN(C(=O)OC(C)(C)C)CC2)cc1. The average molecular weight is 584 g/mol. The summed E-state index contributed by atoms with van der Waals surface area (Å²) < 4.78 is 34.9. The van der Waals surface area contributed by atoms with Gasteiger partial charge in [0.25, 0.3) is 10.0 Å². The number of piperidine rings is 1. The number of Topliss-reactive ketones (excluding diaryl/α,β-unsaturated/α-hetero) is 1. The summed E-state index contributed by atoms with van der Waals surface area (Å²) in [4.78, 5) is 29.6. The number of aryl methyl sites for hydroxylation is 1. The highest BCUT2D eigenvalue weighted by Gasteiger charge is 2.32. The van der Waals surface area contributed by atoms with Crippen molar-refractivity contribution in [3.63, 3.8) is 0 Å². The molecule has 1 saturated heterocycles. The van der Waals surface area contributed by atoms with E-state index in [0.29, 0.717) is 49.8 Å². The third-order valence-corrected chi connectivity index (χ3v) is 9.50. The molecule has 2 aromatic rings. The van der Waals surface area contributed by atoms with Crippen LogP contribution in [0.15, 0.2) is 47.4 Å². The molecule has 41 heavy (non-hydrogen) atoms. The Hall–Kier alpha value is -3.07. The molecule has 2 aromatic carbocycles. The van der Waals surface area contributed by atoms with E-state index in [1.54, 1.807) is 23.1 Å². The quantitative estimate of drug-likeness (QED) is 0.371. The van der Waals surface area contributed by atoms with E-state index in [1.165, 1.54) is 4.31 Å². The molecule has 8 nitrogen and oxygen atoms in total. The number of likely N-dealkylation sites (tertiary alicyclic amines) is 1. The van der Waals surface area contributed by atoms with Gasteiger partial charge in [-0.25, -0.2) is 13.2 Å². The van der Waals surface area contributed by atoms with Crippen molar-refractivity contribution in [2.24, 2.45) is 11.8 Å². The summed E-state index contributed by atoms with van der Waals surface area (Å²) in [5, 5.41) is 0. The second kappa shape index (κ2) is 12.4. The summed E-state index contributed by atoms with van der Waals surface area (Å²) in [5.41, 5.74) is 2.51. The fourth-order valence-corrected chi connectivity index (χ4v) is 7.15. The van der Waals surface area contributed by atoms with E-state index < -0.39 is 15.6 Å². The Morgan fingerprint density at radius 3 is 2.29 bits per heavy atom. The third-order valence-electron chi connectivity index (χ3n) is 7.71. The number of sulfonamides is 1. The minimum absolute atomic E-state index is 0.0317. The van der Waals surface area contributed by atoms with Gasteiger partial charge in [0.15, 0.2) is 5.78 Å². The summed E-state index contributed by atoms with van der Waals surface area (Å²) >= 11 is 0. The van der Waals surface area contributed by atoms with Gasteiger partial charge >= 0.3 is 6.09 Å². The number of carbonyl (C=O) groups excluding carboxylic acids is 2. The van der Waals surface area contributed by atoms with E-state index in [4.69, 9.17) is 4.74 Å². The second-order valence-corrected chi connectivity index (χ2v) is 14.5. The maximum absolute atomic E-state index is 13.9. The molecule has 1 amide bonds. The average Bonchev–Trinajstić information content (AvgIpc) is 2.92.